The Kier molecular flexibility index (Phi) is 3.62. The van der Waals surface area contributed by atoms with Crippen LogP contribution < -0.4 is 0 Å². The van der Waals surface area contributed by atoms with Crippen LogP contribution in [0.3, 0.4) is 0 Å². The lowest BCUT2D eigenvalue weighted by molar-refractivity contribution is -0.139. The van der Waals surface area contributed by atoms with Crippen molar-refractivity contribution in [1.29, 1.82) is 0 Å². The Balaban J connectivity index is 1.79. The van der Waals surface area contributed by atoms with Crippen molar-refractivity contribution in [3.63, 3.8) is 0 Å². The van der Waals surface area contributed by atoms with E-state index in [-0.39, 0.29) is 23.4 Å². The second-order valence-corrected chi connectivity index (χ2v) is 9.23. The Hall–Kier alpha value is -0.960. The number of allylic oxidation sites excluding steroid dienone is 1. The van der Waals surface area contributed by atoms with E-state index in [1.165, 1.54) is 11.9 Å². The van der Waals surface area contributed by atoms with Crippen LogP contribution in [0.15, 0.2) is 11.6 Å². The van der Waals surface area contributed by atoms with Gasteiger partial charge in [-0.15, -0.1) is 0 Å². The molecule has 1 N–H and O–H groups in total. The summed E-state index contributed by atoms with van der Waals surface area (Å²) < 4.78 is 0. The maximum absolute atomic E-state index is 12.5. The van der Waals surface area contributed by atoms with Gasteiger partial charge < -0.3 is 9.90 Å². The standard InChI is InChI=1S/C21H30O3/c1-12-10-18(23)13(2)15-5-4-14-16-6-7-19(24)20(16,3)9-8-17(14)21(12,15)11-22/h5,11-14,16-18,23H,4,6-10H2,1-3H3/t12-,13-,14-,16-,17-,18-,20-,21-/m0/s1. The summed E-state index contributed by atoms with van der Waals surface area (Å²) in [6.45, 7) is 6.40. The van der Waals surface area contributed by atoms with Crippen LogP contribution in [0.2, 0.25) is 0 Å². The van der Waals surface area contributed by atoms with Crippen LogP contribution in [0, 0.1) is 40.4 Å². The zero-order valence-corrected chi connectivity index (χ0v) is 15.1. The molecule has 0 aromatic carbocycles. The van der Waals surface area contributed by atoms with E-state index in [1.807, 2.05) is 0 Å². The van der Waals surface area contributed by atoms with Gasteiger partial charge in [-0.05, 0) is 55.8 Å². The van der Waals surface area contributed by atoms with Crippen LogP contribution >= 0.6 is 0 Å². The lowest BCUT2D eigenvalue weighted by Gasteiger charge is -2.59. The summed E-state index contributed by atoms with van der Waals surface area (Å²) in [6, 6.07) is 0. The Labute approximate surface area is 144 Å². The van der Waals surface area contributed by atoms with Gasteiger partial charge >= 0.3 is 0 Å². The number of ketones is 1. The van der Waals surface area contributed by atoms with Gasteiger partial charge in [-0.1, -0.05) is 32.4 Å². The fourth-order valence-electron chi connectivity index (χ4n) is 7.10. The molecule has 0 bridgehead atoms. The first-order chi connectivity index (χ1) is 11.4. The third kappa shape index (κ3) is 1.83. The minimum atomic E-state index is -0.408. The molecular formula is C21H30O3. The molecule has 0 aromatic heterocycles. The van der Waals surface area contributed by atoms with Gasteiger partial charge in [0.25, 0.3) is 0 Å². The number of fused-ring (bicyclic) bond motifs is 5. The third-order valence-corrected chi connectivity index (χ3v) is 8.54. The van der Waals surface area contributed by atoms with Gasteiger partial charge in [0.05, 0.1) is 11.5 Å². The number of hydrogen-bond acceptors (Lipinski definition) is 3. The molecule has 4 rings (SSSR count). The molecule has 0 heterocycles. The molecule has 0 radical (unpaired) electrons. The first-order valence-corrected chi connectivity index (χ1v) is 9.74. The van der Waals surface area contributed by atoms with Crippen LogP contribution in [0.5, 0.6) is 0 Å². The SMILES string of the molecule is C[C@H]1C2=CC[C@@H]3[C@H](CC[C@]4(C)C(=O)CC[C@@H]34)[C@@]2(C=O)[C@@H](C)C[C@@H]1O. The maximum atomic E-state index is 12.5. The Bertz CT molecular complexity index is 608. The lowest BCUT2D eigenvalue weighted by Crippen LogP contribution is -2.57. The van der Waals surface area contributed by atoms with Crippen molar-refractivity contribution in [2.45, 2.75) is 65.4 Å². The summed E-state index contributed by atoms with van der Waals surface area (Å²) in [5.74, 6) is 1.94. The van der Waals surface area contributed by atoms with Crippen molar-refractivity contribution in [3.05, 3.63) is 11.6 Å². The van der Waals surface area contributed by atoms with Crippen LogP contribution in [0.1, 0.15) is 59.3 Å². The molecule has 0 saturated heterocycles. The van der Waals surface area contributed by atoms with Gasteiger partial charge in [0.2, 0.25) is 0 Å². The number of hydrogen-bond donors (Lipinski definition) is 1. The van der Waals surface area contributed by atoms with E-state index >= 15 is 0 Å². The molecule has 0 unspecified atom stereocenters. The smallest absolute Gasteiger partial charge is 0.139 e. The molecule has 0 aromatic rings. The molecule has 24 heavy (non-hydrogen) atoms. The average Bonchev–Trinajstić information content (AvgIpc) is 2.87. The third-order valence-electron chi connectivity index (χ3n) is 8.54. The average molecular weight is 330 g/mol. The Morgan fingerprint density at radius 3 is 2.71 bits per heavy atom. The first kappa shape index (κ1) is 16.5. The number of aliphatic hydroxyl groups is 1. The number of carbonyl (C=O) groups is 2. The molecule has 3 fully saturated rings. The second-order valence-electron chi connectivity index (χ2n) is 9.23. The van der Waals surface area contributed by atoms with Gasteiger partial charge in [-0.3, -0.25) is 4.79 Å². The number of aldehydes is 1. The molecule has 4 aliphatic carbocycles. The van der Waals surface area contributed by atoms with Crippen molar-refractivity contribution >= 4 is 12.1 Å². The van der Waals surface area contributed by atoms with Gasteiger partial charge in [0, 0.05) is 17.8 Å². The van der Waals surface area contributed by atoms with Crippen LogP contribution in [0.4, 0.5) is 0 Å². The number of aliphatic hydroxyl groups excluding tert-OH is 1. The minimum absolute atomic E-state index is 0.0749. The van der Waals surface area contributed by atoms with Crippen LogP contribution in [-0.2, 0) is 9.59 Å². The topological polar surface area (TPSA) is 54.4 Å². The van der Waals surface area contributed by atoms with E-state index in [1.54, 1.807) is 0 Å². The predicted molar refractivity (Wildman–Crippen MR) is 92.2 cm³/mol. The molecule has 4 aliphatic rings. The predicted octanol–water partition coefficient (Wildman–Crippen LogP) is 3.55. The molecule has 0 aliphatic heterocycles. The highest BCUT2D eigenvalue weighted by Gasteiger charge is 2.62. The van der Waals surface area contributed by atoms with Gasteiger partial charge in [0.15, 0.2) is 0 Å². The van der Waals surface area contributed by atoms with Crippen LogP contribution in [0.25, 0.3) is 0 Å². The summed E-state index contributed by atoms with van der Waals surface area (Å²) in [6.07, 6.45) is 8.49. The van der Waals surface area contributed by atoms with E-state index in [2.05, 4.69) is 26.8 Å². The lowest BCUT2D eigenvalue weighted by atomic mass is 9.44. The van der Waals surface area contributed by atoms with Crippen molar-refractivity contribution < 1.29 is 14.7 Å². The zero-order valence-electron chi connectivity index (χ0n) is 15.1. The largest absolute Gasteiger partial charge is 0.393 e. The van der Waals surface area contributed by atoms with Crippen LogP contribution in [-0.4, -0.2) is 23.3 Å². The highest BCUT2D eigenvalue weighted by molar-refractivity contribution is 5.87. The molecule has 8 atom stereocenters. The Morgan fingerprint density at radius 2 is 2.00 bits per heavy atom. The molecule has 132 valence electrons. The fourth-order valence-corrected chi connectivity index (χ4v) is 7.10. The number of Topliss-reactive ketones (excluding diaryl/α,β-unsaturated/α-hetero) is 1. The summed E-state index contributed by atoms with van der Waals surface area (Å²) in [7, 11) is 0. The van der Waals surface area contributed by atoms with E-state index in [0.717, 1.165) is 32.1 Å². The molecule has 3 heteroatoms. The quantitative estimate of drug-likeness (QED) is 0.591. The summed E-state index contributed by atoms with van der Waals surface area (Å²) in [5, 5.41) is 10.4. The van der Waals surface area contributed by atoms with Gasteiger partial charge in [-0.2, -0.15) is 0 Å². The minimum Gasteiger partial charge on any atom is -0.393 e. The van der Waals surface area contributed by atoms with Crippen molar-refractivity contribution in [2.75, 3.05) is 0 Å². The highest BCUT2D eigenvalue weighted by atomic mass is 16.3. The molecule has 3 nitrogen and oxygen atoms in total. The highest BCUT2D eigenvalue weighted by Crippen LogP contribution is 2.65. The molecular weight excluding hydrogens is 300 g/mol. The summed E-state index contributed by atoms with van der Waals surface area (Å²) in [4.78, 5) is 25.0. The fraction of sp³-hybridized carbons (Fsp3) is 0.810. The monoisotopic (exact) mass is 330 g/mol. The van der Waals surface area contributed by atoms with Crippen molar-refractivity contribution in [2.24, 2.45) is 40.4 Å². The van der Waals surface area contributed by atoms with Gasteiger partial charge in [-0.25, -0.2) is 0 Å². The maximum Gasteiger partial charge on any atom is 0.139 e. The molecule has 3 saturated carbocycles. The summed E-state index contributed by atoms with van der Waals surface area (Å²) >= 11 is 0. The number of carbonyl (C=O) groups excluding carboxylic acids is 2. The second kappa shape index (κ2) is 5.27. The van der Waals surface area contributed by atoms with E-state index < -0.39 is 5.41 Å². The number of rotatable bonds is 1. The first-order valence-electron chi connectivity index (χ1n) is 9.74. The van der Waals surface area contributed by atoms with Gasteiger partial charge in [0.1, 0.15) is 12.1 Å². The molecule has 0 amide bonds. The van der Waals surface area contributed by atoms with Crippen molar-refractivity contribution in [3.8, 4) is 0 Å². The Morgan fingerprint density at radius 1 is 1.25 bits per heavy atom. The molecule has 0 spiro atoms. The normalized spacial score (nSPS) is 53.7. The zero-order chi connectivity index (χ0) is 17.3. The van der Waals surface area contributed by atoms with E-state index in [4.69, 9.17) is 0 Å². The summed E-state index contributed by atoms with van der Waals surface area (Å²) in [5.41, 5.74) is 0.631. The van der Waals surface area contributed by atoms with Crippen molar-refractivity contribution in [1.82, 2.24) is 0 Å². The van der Waals surface area contributed by atoms with E-state index in [0.29, 0.717) is 30.0 Å². The van der Waals surface area contributed by atoms with E-state index in [9.17, 15) is 14.7 Å².